The zero-order valence-corrected chi connectivity index (χ0v) is 18.0. The number of hydrogen-bond acceptors (Lipinski definition) is 8. The van der Waals surface area contributed by atoms with Crippen molar-refractivity contribution >= 4 is 34.2 Å². The summed E-state index contributed by atoms with van der Waals surface area (Å²) in [6, 6.07) is 2.35. The molecule has 0 aliphatic heterocycles. The van der Waals surface area contributed by atoms with E-state index >= 15 is 0 Å². The number of hydrogen-bond donors (Lipinski definition) is 5. The molecule has 0 aliphatic carbocycles. The molecule has 2 atom stereocenters. The van der Waals surface area contributed by atoms with Crippen LogP contribution in [-0.4, -0.2) is 58.6 Å². The first-order valence-corrected chi connectivity index (χ1v) is 10.6. The van der Waals surface area contributed by atoms with Crippen LogP contribution in [0.2, 0.25) is 0 Å². The van der Waals surface area contributed by atoms with Gasteiger partial charge < -0.3 is 20.4 Å². The van der Waals surface area contributed by atoms with Gasteiger partial charge in [-0.1, -0.05) is 12.1 Å². The highest BCUT2D eigenvalue weighted by molar-refractivity contribution is 7.14. The molecule has 0 saturated heterocycles. The standard InChI is InChI=1S/C19H20N8O4S/c1-8(10-7-20-16-15(10)18(29)22-9(2)21-16)12-4-5-13(32-12)17(28)23-11(19(30)31)3-6-14-24-26-27-25-14/h4-5,7-8,11H,3,6H2,1-2H3,(H,23,28)(H,30,31)(H2,20,21,22,29)(H,24,25,26,27). The molecule has 0 aliphatic rings. The molecular formula is C19H20N8O4S. The highest BCUT2D eigenvalue weighted by atomic mass is 32.1. The SMILES string of the molecule is Cc1nc2[nH]cc(C(C)c3ccc(C(=O)NC(CCc4nn[nH]n4)C(=O)O)s3)c2c(=O)[nH]1. The monoisotopic (exact) mass is 456 g/mol. The maximum Gasteiger partial charge on any atom is 0.326 e. The number of amides is 1. The molecule has 13 heteroatoms. The second kappa shape index (κ2) is 8.70. The Labute approximate surface area is 184 Å². The summed E-state index contributed by atoms with van der Waals surface area (Å²) in [7, 11) is 0. The number of carboxylic acid groups (broad SMARTS) is 1. The third kappa shape index (κ3) is 4.27. The Balaban J connectivity index is 1.49. The van der Waals surface area contributed by atoms with E-state index < -0.39 is 17.9 Å². The van der Waals surface area contributed by atoms with Crippen LogP contribution in [0.3, 0.4) is 0 Å². The van der Waals surface area contributed by atoms with E-state index in [1.807, 2.05) is 6.92 Å². The average molecular weight is 456 g/mol. The number of fused-ring (bicyclic) bond motifs is 1. The van der Waals surface area contributed by atoms with E-state index in [-0.39, 0.29) is 24.3 Å². The fourth-order valence-electron chi connectivity index (χ4n) is 3.43. The quantitative estimate of drug-likeness (QED) is 0.261. The van der Waals surface area contributed by atoms with Crippen LogP contribution in [-0.2, 0) is 11.2 Å². The molecule has 0 saturated carbocycles. The van der Waals surface area contributed by atoms with E-state index in [4.69, 9.17) is 0 Å². The van der Waals surface area contributed by atoms with Crippen molar-refractivity contribution in [3.8, 4) is 0 Å². The Kier molecular flexibility index (Phi) is 5.81. The number of aromatic nitrogens is 7. The lowest BCUT2D eigenvalue weighted by atomic mass is 10.0. The first kappa shape index (κ1) is 21.4. The highest BCUT2D eigenvalue weighted by Crippen LogP contribution is 2.32. The van der Waals surface area contributed by atoms with E-state index in [2.05, 4.69) is 40.9 Å². The number of carboxylic acids is 1. The third-order valence-electron chi connectivity index (χ3n) is 5.08. The second-order valence-corrected chi connectivity index (χ2v) is 8.39. The Hall–Kier alpha value is -3.87. The van der Waals surface area contributed by atoms with Gasteiger partial charge in [-0.05, 0) is 31.0 Å². The van der Waals surface area contributed by atoms with E-state index in [0.717, 1.165) is 10.4 Å². The Morgan fingerprint density at radius 3 is 2.84 bits per heavy atom. The third-order valence-corrected chi connectivity index (χ3v) is 6.35. The molecule has 4 heterocycles. The number of rotatable bonds is 8. The fourth-order valence-corrected chi connectivity index (χ4v) is 4.41. The van der Waals surface area contributed by atoms with Crippen molar-refractivity contribution < 1.29 is 14.7 Å². The summed E-state index contributed by atoms with van der Waals surface area (Å²) in [5.74, 6) is -0.910. The van der Waals surface area contributed by atoms with Crippen LogP contribution in [0.15, 0.2) is 23.1 Å². The number of thiophene rings is 1. The van der Waals surface area contributed by atoms with Crippen LogP contribution in [0.1, 0.15) is 51.0 Å². The number of aromatic amines is 3. The minimum atomic E-state index is -1.15. The number of nitrogens with one attached hydrogen (secondary N) is 4. The lowest BCUT2D eigenvalue weighted by molar-refractivity contribution is -0.139. The zero-order chi connectivity index (χ0) is 22.8. The van der Waals surface area contributed by atoms with Gasteiger partial charge in [0.15, 0.2) is 5.82 Å². The number of tetrazole rings is 1. The predicted molar refractivity (Wildman–Crippen MR) is 115 cm³/mol. The van der Waals surface area contributed by atoms with Crippen LogP contribution in [0, 0.1) is 6.92 Å². The van der Waals surface area contributed by atoms with Gasteiger partial charge in [0, 0.05) is 23.4 Å². The number of aliphatic carboxylic acids is 1. The van der Waals surface area contributed by atoms with Crippen molar-refractivity contribution in [3.63, 3.8) is 0 Å². The number of carbonyl (C=O) groups excluding carboxylic acids is 1. The number of carbonyl (C=O) groups is 2. The molecule has 0 fully saturated rings. The lowest BCUT2D eigenvalue weighted by Gasteiger charge is -2.13. The van der Waals surface area contributed by atoms with E-state index in [1.54, 1.807) is 25.3 Å². The maximum atomic E-state index is 12.7. The lowest BCUT2D eigenvalue weighted by Crippen LogP contribution is -2.40. The second-order valence-electron chi connectivity index (χ2n) is 7.27. The van der Waals surface area contributed by atoms with E-state index in [0.29, 0.717) is 27.6 Å². The van der Waals surface area contributed by atoms with Gasteiger partial charge in [0.2, 0.25) is 0 Å². The van der Waals surface area contributed by atoms with Crippen molar-refractivity contribution in [1.29, 1.82) is 0 Å². The van der Waals surface area contributed by atoms with Crippen molar-refractivity contribution in [2.45, 2.75) is 38.6 Å². The van der Waals surface area contributed by atoms with Crippen molar-refractivity contribution in [2.75, 3.05) is 0 Å². The fraction of sp³-hybridized carbons (Fsp3) is 0.316. The first-order valence-electron chi connectivity index (χ1n) is 9.77. The molecule has 1 amide bonds. The van der Waals surface area contributed by atoms with E-state index in [1.165, 1.54) is 11.3 Å². The molecule has 0 bridgehead atoms. The number of H-pyrrole nitrogens is 3. The summed E-state index contributed by atoms with van der Waals surface area (Å²) in [5, 5.41) is 25.8. The topological polar surface area (TPSA) is 182 Å². The van der Waals surface area contributed by atoms with Gasteiger partial charge in [-0.25, -0.2) is 9.78 Å². The van der Waals surface area contributed by atoms with Crippen LogP contribution in [0.25, 0.3) is 11.0 Å². The van der Waals surface area contributed by atoms with Gasteiger partial charge in [-0.2, -0.15) is 5.21 Å². The minimum Gasteiger partial charge on any atom is -0.480 e. The summed E-state index contributed by atoms with van der Waals surface area (Å²) >= 11 is 1.24. The normalized spacial score (nSPS) is 13.2. The van der Waals surface area contributed by atoms with Gasteiger partial charge in [0.25, 0.3) is 11.5 Å². The molecule has 0 aromatic carbocycles. The van der Waals surface area contributed by atoms with Gasteiger partial charge in [0.05, 0.1) is 10.3 Å². The van der Waals surface area contributed by atoms with Crippen LogP contribution in [0.5, 0.6) is 0 Å². The summed E-state index contributed by atoms with van der Waals surface area (Å²) in [4.78, 5) is 47.9. The molecule has 0 radical (unpaired) electrons. The van der Waals surface area contributed by atoms with Gasteiger partial charge in [-0.15, -0.1) is 21.5 Å². The molecule has 12 nitrogen and oxygen atoms in total. The van der Waals surface area contributed by atoms with Crippen molar-refractivity contribution in [1.82, 2.24) is 40.9 Å². The maximum absolute atomic E-state index is 12.7. The minimum absolute atomic E-state index is 0.125. The van der Waals surface area contributed by atoms with Gasteiger partial charge in [0.1, 0.15) is 17.5 Å². The summed E-state index contributed by atoms with van der Waals surface area (Å²) < 4.78 is 0. The molecule has 32 heavy (non-hydrogen) atoms. The predicted octanol–water partition coefficient (Wildman–Crippen LogP) is 1.10. The molecule has 4 aromatic rings. The Bertz CT molecular complexity index is 1320. The van der Waals surface area contributed by atoms with Crippen LogP contribution in [0.4, 0.5) is 0 Å². The summed E-state index contributed by atoms with van der Waals surface area (Å²) in [6.07, 6.45) is 2.12. The molecule has 2 unspecified atom stereocenters. The molecule has 5 N–H and O–H groups in total. The molecular weight excluding hydrogens is 436 g/mol. The first-order chi connectivity index (χ1) is 15.3. The van der Waals surface area contributed by atoms with E-state index in [9.17, 15) is 19.5 Å². The van der Waals surface area contributed by atoms with Crippen molar-refractivity contribution in [2.24, 2.45) is 0 Å². The molecule has 4 rings (SSSR count). The Morgan fingerprint density at radius 2 is 2.12 bits per heavy atom. The summed E-state index contributed by atoms with van der Waals surface area (Å²) in [6.45, 7) is 3.64. The van der Waals surface area contributed by atoms with Crippen LogP contribution >= 0.6 is 11.3 Å². The molecule has 4 aromatic heterocycles. The zero-order valence-electron chi connectivity index (χ0n) is 17.2. The number of aryl methyl sites for hydroxylation is 2. The largest absolute Gasteiger partial charge is 0.480 e. The highest BCUT2D eigenvalue weighted by Gasteiger charge is 2.24. The average Bonchev–Trinajstić information content (AvgIpc) is 3.50. The molecule has 0 spiro atoms. The smallest absolute Gasteiger partial charge is 0.326 e. The Morgan fingerprint density at radius 1 is 1.31 bits per heavy atom. The van der Waals surface area contributed by atoms with Crippen molar-refractivity contribution in [3.05, 3.63) is 55.6 Å². The summed E-state index contributed by atoms with van der Waals surface area (Å²) in [5.41, 5.74) is 1.05. The molecule has 166 valence electrons. The van der Waals surface area contributed by atoms with Gasteiger partial charge >= 0.3 is 5.97 Å². The van der Waals surface area contributed by atoms with Crippen LogP contribution < -0.4 is 10.9 Å². The number of nitrogens with zero attached hydrogens (tertiary/aromatic N) is 4. The van der Waals surface area contributed by atoms with Gasteiger partial charge in [-0.3, -0.25) is 9.59 Å².